The SMILES string of the molecule is CCCN(CC(=O)NC)C(=O)c1ccc(OCC)nc1. The molecule has 1 aromatic heterocycles. The summed E-state index contributed by atoms with van der Waals surface area (Å²) in [5, 5.41) is 2.52. The van der Waals surface area contributed by atoms with Gasteiger partial charge in [-0.05, 0) is 19.4 Å². The molecule has 0 aromatic carbocycles. The van der Waals surface area contributed by atoms with Crippen LogP contribution in [0.3, 0.4) is 0 Å². The van der Waals surface area contributed by atoms with Gasteiger partial charge in [0, 0.05) is 25.9 Å². The molecular formula is C14H21N3O3. The van der Waals surface area contributed by atoms with Gasteiger partial charge in [-0.3, -0.25) is 9.59 Å². The van der Waals surface area contributed by atoms with Gasteiger partial charge in [-0.2, -0.15) is 0 Å². The smallest absolute Gasteiger partial charge is 0.255 e. The number of aromatic nitrogens is 1. The molecule has 0 atom stereocenters. The number of nitrogens with one attached hydrogen (secondary N) is 1. The standard InChI is InChI=1S/C14H21N3O3/c1-4-8-17(10-12(18)15-3)14(19)11-6-7-13(16-9-11)20-5-2/h6-7,9H,4-5,8,10H2,1-3H3,(H,15,18). The van der Waals surface area contributed by atoms with Crippen molar-refractivity contribution in [2.24, 2.45) is 0 Å². The molecule has 0 aliphatic carbocycles. The van der Waals surface area contributed by atoms with Gasteiger partial charge in [0.1, 0.15) is 0 Å². The van der Waals surface area contributed by atoms with Crippen LogP contribution in [-0.4, -0.2) is 48.4 Å². The number of rotatable bonds is 7. The van der Waals surface area contributed by atoms with E-state index in [4.69, 9.17) is 4.74 Å². The zero-order valence-electron chi connectivity index (χ0n) is 12.2. The van der Waals surface area contributed by atoms with Gasteiger partial charge in [-0.1, -0.05) is 6.92 Å². The Hall–Kier alpha value is -2.11. The van der Waals surface area contributed by atoms with Crippen molar-refractivity contribution < 1.29 is 14.3 Å². The van der Waals surface area contributed by atoms with Gasteiger partial charge in [-0.25, -0.2) is 4.98 Å². The summed E-state index contributed by atoms with van der Waals surface area (Å²) in [6.07, 6.45) is 2.26. The number of ether oxygens (including phenoxy) is 1. The van der Waals surface area contributed by atoms with Crippen molar-refractivity contribution in [3.63, 3.8) is 0 Å². The van der Waals surface area contributed by atoms with Crippen molar-refractivity contribution >= 4 is 11.8 Å². The average molecular weight is 279 g/mol. The molecule has 0 saturated carbocycles. The van der Waals surface area contributed by atoms with Gasteiger partial charge < -0.3 is 15.0 Å². The number of carbonyl (C=O) groups is 2. The Bertz CT molecular complexity index is 445. The molecule has 1 N–H and O–H groups in total. The first-order chi connectivity index (χ1) is 9.62. The number of hydrogen-bond acceptors (Lipinski definition) is 4. The van der Waals surface area contributed by atoms with Gasteiger partial charge in [0.2, 0.25) is 11.8 Å². The van der Waals surface area contributed by atoms with E-state index in [1.54, 1.807) is 19.2 Å². The van der Waals surface area contributed by atoms with Crippen LogP contribution in [0.5, 0.6) is 5.88 Å². The highest BCUT2D eigenvalue weighted by Gasteiger charge is 2.18. The third kappa shape index (κ3) is 4.53. The highest BCUT2D eigenvalue weighted by Crippen LogP contribution is 2.10. The topological polar surface area (TPSA) is 71.5 Å². The van der Waals surface area contributed by atoms with E-state index < -0.39 is 0 Å². The van der Waals surface area contributed by atoms with Gasteiger partial charge in [0.25, 0.3) is 5.91 Å². The molecule has 20 heavy (non-hydrogen) atoms. The molecule has 1 aromatic rings. The van der Waals surface area contributed by atoms with Crippen LogP contribution >= 0.6 is 0 Å². The van der Waals surface area contributed by atoms with Crippen molar-refractivity contribution in [2.45, 2.75) is 20.3 Å². The number of hydrogen-bond donors (Lipinski definition) is 1. The second kappa shape index (κ2) is 8.14. The first-order valence-electron chi connectivity index (χ1n) is 6.71. The number of pyridine rings is 1. The minimum atomic E-state index is -0.203. The Labute approximate surface area is 119 Å². The molecule has 0 bridgehead atoms. The molecule has 0 aliphatic rings. The van der Waals surface area contributed by atoms with E-state index in [2.05, 4.69) is 10.3 Å². The van der Waals surface area contributed by atoms with Crippen LogP contribution in [0.4, 0.5) is 0 Å². The molecule has 0 radical (unpaired) electrons. The van der Waals surface area contributed by atoms with Crippen LogP contribution in [0.25, 0.3) is 0 Å². The Kier molecular flexibility index (Phi) is 6.49. The fraction of sp³-hybridized carbons (Fsp3) is 0.500. The van der Waals surface area contributed by atoms with Crippen LogP contribution < -0.4 is 10.1 Å². The molecule has 0 aliphatic heterocycles. The predicted octanol–water partition coefficient (Wildman–Crippen LogP) is 1.08. The van der Waals surface area contributed by atoms with E-state index >= 15 is 0 Å². The fourth-order valence-electron chi connectivity index (χ4n) is 1.70. The summed E-state index contributed by atoms with van der Waals surface area (Å²) in [6.45, 7) is 4.93. The molecule has 110 valence electrons. The molecule has 0 saturated heterocycles. The van der Waals surface area contributed by atoms with Crippen molar-refractivity contribution in [3.8, 4) is 5.88 Å². The third-order valence-electron chi connectivity index (χ3n) is 2.67. The molecule has 2 amide bonds. The largest absolute Gasteiger partial charge is 0.478 e. The first-order valence-corrected chi connectivity index (χ1v) is 6.71. The number of nitrogens with zero attached hydrogens (tertiary/aromatic N) is 2. The first kappa shape index (κ1) is 15.9. The molecule has 6 heteroatoms. The van der Waals surface area contributed by atoms with Crippen molar-refractivity contribution in [1.82, 2.24) is 15.2 Å². The lowest BCUT2D eigenvalue weighted by atomic mass is 10.2. The van der Waals surface area contributed by atoms with E-state index in [1.165, 1.54) is 11.1 Å². The summed E-state index contributed by atoms with van der Waals surface area (Å²) in [5.74, 6) is 0.0917. The third-order valence-corrected chi connectivity index (χ3v) is 2.67. The number of likely N-dealkylation sites (N-methyl/N-ethyl adjacent to an activating group) is 1. The van der Waals surface area contributed by atoms with Crippen LogP contribution in [0.15, 0.2) is 18.3 Å². The maximum atomic E-state index is 12.3. The van der Waals surface area contributed by atoms with Crippen LogP contribution in [-0.2, 0) is 4.79 Å². The maximum absolute atomic E-state index is 12.3. The second-order valence-corrected chi connectivity index (χ2v) is 4.22. The lowest BCUT2D eigenvalue weighted by Crippen LogP contribution is -2.40. The summed E-state index contributed by atoms with van der Waals surface area (Å²) < 4.78 is 5.23. The monoisotopic (exact) mass is 279 g/mol. The Morgan fingerprint density at radius 3 is 2.60 bits per heavy atom. The van der Waals surface area contributed by atoms with Crippen molar-refractivity contribution in [3.05, 3.63) is 23.9 Å². The summed E-state index contributed by atoms with van der Waals surface area (Å²) in [5.41, 5.74) is 0.450. The lowest BCUT2D eigenvalue weighted by molar-refractivity contribution is -0.121. The van der Waals surface area contributed by atoms with E-state index in [0.29, 0.717) is 24.6 Å². The zero-order valence-corrected chi connectivity index (χ0v) is 12.2. The second-order valence-electron chi connectivity index (χ2n) is 4.22. The van der Waals surface area contributed by atoms with Crippen molar-refractivity contribution in [1.29, 1.82) is 0 Å². The van der Waals surface area contributed by atoms with Gasteiger partial charge >= 0.3 is 0 Å². The van der Waals surface area contributed by atoms with Gasteiger partial charge in [-0.15, -0.1) is 0 Å². The molecule has 6 nitrogen and oxygen atoms in total. The van der Waals surface area contributed by atoms with Gasteiger partial charge in [0.15, 0.2) is 0 Å². The zero-order chi connectivity index (χ0) is 15.0. The summed E-state index contributed by atoms with van der Waals surface area (Å²) in [4.78, 5) is 29.3. The fourth-order valence-corrected chi connectivity index (χ4v) is 1.70. The van der Waals surface area contributed by atoms with Crippen LogP contribution in [0, 0.1) is 0 Å². The highest BCUT2D eigenvalue weighted by atomic mass is 16.5. The van der Waals surface area contributed by atoms with E-state index in [0.717, 1.165) is 6.42 Å². The van der Waals surface area contributed by atoms with E-state index in [-0.39, 0.29) is 18.4 Å². The molecule has 1 heterocycles. The van der Waals surface area contributed by atoms with Crippen LogP contribution in [0.1, 0.15) is 30.6 Å². The highest BCUT2D eigenvalue weighted by molar-refractivity contribution is 5.96. The average Bonchev–Trinajstić information content (AvgIpc) is 2.47. The lowest BCUT2D eigenvalue weighted by Gasteiger charge is -2.21. The number of carbonyl (C=O) groups excluding carboxylic acids is 2. The van der Waals surface area contributed by atoms with Crippen LogP contribution in [0.2, 0.25) is 0 Å². The normalized spacial score (nSPS) is 9.95. The summed E-state index contributed by atoms with van der Waals surface area (Å²) in [7, 11) is 1.55. The maximum Gasteiger partial charge on any atom is 0.255 e. The summed E-state index contributed by atoms with van der Waals surface area (Å²) in [6, 6.07) is 3.31. The molecule has 0 fully saturated rings. The number of amides is 2. The molecule has 0 spiro atoms. The quantitative estimate of drug-likeness (QED) is 0.810. The Balaban J connectivity index is 2.79. The van der Waals surface area contributed by atoms with E-state index in [9.17, 15) is 9.59 Å². The minimum absolute atomic E-state index is 0.0520. The molecule has 0 unspecified atom stereocenters. The molecular weight excluding hydrogens is 258 g/mol. The van der Waals surface area contributed by atoms with E-state index in [1.807, 2.05) is 13.8 Å². The predicted molar refractivity (Wildman–Crippen MR) is 75.7 cm³/mol. The van der Waals surface area contributed by atoms with Gasteiger partial charge in [0.05, 0.1) is 18.7 Å². The Morgan fingerprint density at radius 2 is 2.10 bits per heavy atom. The van der Waals surface area contributed by atoms with Crippen molar-refractivity contribution in [2.75, 3.05) is 26.7 Å². The minimum Gasteiger partial charge on any atom is -0.478 e. The molecule has 1 rings (SSSR count). The Morgan fingerprint density at radius 1 is 1.35 bits per heavy atom. The summed E-state index contributed by atoms with van der Waals surface area (Å²) >= 11 is 0.